The Hall–Kier alpha value is -7.26. The van der Waals surface area contributed by atoms with Crippen LogP contribution < -0.4 is 32.4 Å². The van der Waals surface area contributed by atoms with Gasteiger partial charge in [-0.3, -0.25) is 28.8 Å². The van der Waals surface area contributed by atoms with Crippen LogP contribution in [-0.2, 0) is 47.4 Å². The summed E-state index contributed by atoms with van der Waals surface area (Å²) in [4.78, 5) is 103. The number of carbonyl (C=O) groups excluding carboxylic acids is 2. The molecule has 4 saturated heterocycles. The minimum atomic E-state index is -2.67. The molecule has 6 aliphatic rings. The number of methoxy groups -OCH3 is 2. The predicted octanol–water partition coefficient (Wildman–Crippen LogP) is 1.22. The quantitative estimate of drug-likeness (QED) is 0.0407. The maximum Gasteiger partial charge on any atom is 0.333 e. The van der Waals surface area contributed by atoms with Crippen LogP contribution in [0.5, 0.6) is 23.0 Å². The summed E-state index contributed by atoms with van der Waals surface area (Å²) in [6.45, 7) is 9.33. The number of aliphatic hydroxyl groups is 4. The average Bonchev–Trinajstić information content (AvgIpc) is 1.66. The summed E-state index contributed by atoms with van der Waals surface area (Å²) in [6.07, 6.45) is -24.5. The van der Waals surface area contributed by atoms with Crippen LogP contribution in [0.25, 0.3) is 54.2 Å². The summed E-state index contributed by atoms with van der Waals surface area (Å²) in [5.41, 5.74) is 11.4. The fourth-order valence-electron chi connectivity index (χ4n) is 17.2. The van der Waals surface area contributed by atoms with Crippen molar-refractivity contribution in [1.82, 2.24) is 9.80 Å². The highest BCUT2D eigenvalue weighted by atomic mass is 16.7. The van der Waals surface area contributed by atoms with E-state index in [1.807, 2.05) is 0 Å². The van der Waals surface area contributed by atoms with Gasteiger partial charge in [0, 0.05) is 61.8 Å². The number of benzene rings is 4. The lowest BCUT2D eigenvalue weighted by molar-refractivity contribution is -0.352. The first-order chi connectivity index (χ1) is 46.4. The lowest BCUT2D eigenvalue weighted by atomic mass is 9.55. The van der Waals surface area contributed by atoms with E-state index < -0.39 is 279 Å². The van der Waals surface area contributed by atoms with Crippen LogP contribution in [0, 0.1) is 11.8 Å². The zero-order valence-electron chi connectivity index (χ0n) is 55.9. The third-order valence-corrected chi connectivity index (χ3v) is 21.6. The molecule has 22 atom stereocenters. The zero-order chi connectivity index (χ0) is 71.1. The second-order valence-corrected chi connectivity index (χ2v) is 27.2. The first kappa shape index (κ1) is 70.6. The van der Waals surface area contributed by atoms with E-state index in [1.54, 1.807) is 51.8 Å². The number of rotatable bonds is 15. The van der Waals surface area contributed by atoms with E-state index in [4.69, 9.17) is 47.4 Å². The molecule has 4 heterocycles. The van der Waals surface area contributed by atoms with Crippen molar-refractivity contribution in [3.8, 4) is 23.0 Å². The monoisotopic (exact) mass is 1360 g/mol. The van der Waals surface area contributed by atoms with Gasteiger partial charge in [-0.05, 0) is 93.0 Å². The third kappa shape index (κ3) is 10.5. The Morgan fingerprint density at radius 2 is 0.786 bits per heavy atom. The molecule has 0 aromatic heterocycles. The number of fused-ring (bicyclic) bond motifs is 8. The molecule has 8 N–H and O–H groups in total. The van der Waals surface area contributed by atoms with Crippen molar-refractivity contribution in [2.45, 2.75) is 202 Å². The number of aliphatic hydroxyl groups excluding tert-OH is 4. The van der Waals surface area contributed by atoms with E-state index in [0.29, 0.717) is 0 Å². The highest BCUT2D eigenvalue weighted by Gasteiger charge is 2.71. The molecule has 4 fully saturated rings. The molecule has 0 radical (unpaired) electrons. The van der Waals surface area contributed by atoms with Crippen molar-refractivity contribution in [3.63, 3.8) is 0 Å². The van der Waals surface area contributed by atoms with Crippen molar-refractivity contribution in [2.24, 2.45) is 11.8 Å². The van der Waals surface area contributed by atoms with E-state index >= 15 is 9.59 Å². The van der Waals surface area contributed by atoms with Crippen LogP contribution in [0.15, 0.2) is 43.4 Å². The van der Waals surface area contributed by atoms with Gasteiger partial charge in [0.15, 0.2) is 58.4 Å². The van der Waals surface area contributed by atoms with Gasteiger partial charge in [-0.2, -0.15) is 9.58 Å². The van der Waals surface area contributed by atoms with Gasteiger partial charge in [-0.25, -0.2) is 0 Å². The minimum Gasteiger partial charge on any atom is -0.506 e. The van der Waals surface area contributed by atoms with Crippen LogP contribution in [0.4, 0.5) is 0 Å². The molecule has 12 rings (SSSR count). The lowest BCUT2D eigenvalue weighted by Gasteiger charge is -2.58. The maximum absolute atomic E-state index is 17.9. The van der Waals surface area contributed by atoms with Crippen molar-refractivity contribution < 1.29 is 107 Å². The largest absolute Gasteiger partial charge is 0.506 e. The topological polar surface area (TPSA) is 436 Å². The standard InChI is InChI=1S/C68H80N6O24/c1-13-67(97-37-21-33(89-11)57(81)25(5)93-37)51(63(87)45-43-47(61(85)41-29(77)17-15-27(75)39(41)59(43)83)53(71-69)49(45)65(67)95-35-19-31(79)55(73(7)8)23(3)91-35)52-64(88)46-44-48(62(86)42-30(78)18-16-28(76)40(42)60(44)84)54(72-70)50(46)66(96-36-20-32(80)56(74(9)10)24(4)92-36)68(52,14-2)98-38-22-34(90-12)58(82)26(6)94-38/h15-18,23-26,31-38,51-52,55-58,65-66,79-86H,13-14,19-22H2,1-12H3/t23-,24+,25+,26-,31-,32+,33+,34-,35+,36-,37+,38-,51-,52-,55-,56+,57+,58-,65+,66+,67-,68-/m0/s1. The van der Waals surface area contributed by atoms with Gasteiger partial charge < -0.3 is 109 Å². The second kappa shape index (κ2) is 26.0. The number of ether oxygens (including phenoxy) is 10. The molecule has 30 heteroatoms. The number of ketones is 2. The summed E-state index contributed by atoms with van der Waals surface area (Å²) >= 11 is 0. The number of phenolic OH excluding ortho intramolecular Hbond substituents is 4. The molecule has 6 aromatic carbocycles. The van der Waals surface area contributed by atoms with E-state index in [9.17, 15) is 71.1 Å². The Bertz CT molecular complexity index is 4300. The van der Waals surface area contributed by atoms with Gasteiger partial charge in [0.25, 0.3) is 0 Å². The number of hydrogen-bond donors (Lipinski definition) is 8. The van der Waals surface area contributed by atoms with Gasteiger partial charge in [-0.15, -0.1) is 0 Å². The van der Waals surface area contributed by atoms with Gasteiger partial charge in [0.1, 0.15) is 69.4 Å². The summed E-state index contributed by atoms with van der Waals surface area (Å²) in [6, 6.07) is 1.96. The molecule has 4 aliphatic heterocycles. The molecule has 0 unspecified atom stereocenters. The first-order valence-electron chi connectivity index (χ1n) is 32.6. The molecule has 0 bridgehead atoms. The SMILES string of the molecule is CC[C@@]1(O[C@@H]2C[C@@H](OC)[C@H](O)[C@@H](C)O2)[C@H](O[C@@H]2C[C@H](O)[C@@H](N(C)C)[C@H](C)O2)c2c(c3c(O)c4c(=O)ccc(=O)c4c(O)c3c2=[N+]=[N-])C(=O)[C@@H]1[C@H]1C(=O)c2c(c(=[N+]=[N-])c3c(O)c4c(=O)ccc(=O)c4c(O)c23)[C@@H](O[C@H]2C[C@@H](O)[C@H](N(C)C)[C@@H](C)O2)[C@@]1(CC)O[C@H]1C[C@H](OC)[C@@H](O)[C@H](C)O1. The van der Waals surface area contributed by atoms with Crippen molar-refractivity contribution in [3.05, 3.63) is 109 Å². The zero-order valence-corrected chi connectivity index (χ0v) is 55.9. The normalized spacial score (nSPS) is 35.4. The van der Waals surface area contributed by atoms with Crippen molar-refractivity contribution in [2.75, 3.05) is 42.4 Å². The number of Topliss-reactive ketones (excluding diaryl/α,β-unsaturated/α-hetero) is 2. The average molecular weight is 1370 g/mol. The summed E-state index contributed by atoms with van der Waals surface area (Å²) in [5, 5.41) is 90.9. The van der Waals surface area contributed by atoms with Gasteiger partial charge >= 0.3 is 10.7 Å². The smallest absolute Gasteiger partial charge is 0.333 e. The summed E-state index contributed by atoms with van der Waals surface area (Å²) < 4.78 is 67.5. The van der Waals surface area contributed by atoms with E-state index in [2.05, 4.69) is 9.58 Å². The van der Waals surface area contributed by atoms with Crippen LogP contribution in [0.2, 0.25) is 0 Å². The molecule has 0 amide bonds. The van der Waals surface area contributed by atoms with E-state index in [0.717, 1.165) is 24.3 Å². The van der Waals surface area contributed by atoms with Gasteiger partial charge in [0.05, 0.1) is 105 Å². The highest BCUT2D eigenvalue weighted by molar-refractivity contribution is 6.25. The Labute approximate surface area is 558 Å². The molecule has 526 valence electrons. The molecule has 0 saturated carbocycles. The van der Waals surface area contributed by atoms with Crippen molar-refractivity contribution in [1.29, 1.82) is 0 Å². The minimum absolute atomic E-state index is 0.351. The highest BCUT2D eigenvalue weighted by Crippen LogP contribution is 2.63. The van der Waals surface area contributed by atoms with Crippen LogP contribution >= 0.6 is 0 Å². The Morgan fingerprint density at radius 1 is 0.480 bits per heavy atom. The fourth-order valence-corrected chi connectivity index (χ4v) is 17.2. The van der Waals surface area contributed by atoms with Gasteiger partial charge in [-0.1, -0.05) is 13.8 Å². The maximum atomic E-state index is 17.9. The number of carbonyl (C=O) groups is 2. The number of phenols is 4. The fraction of sp³-hybridized carbons (Fsp3) is 0.588. The van der Waals surface area contributed by atoms with Crippen molar-refractivity contribution >= 4 is 54.7 Å². The van der Waals surface area contributed by atoms with Crippen LogP contribution in [0.1, 0.15) is 124 Å². The Balaban J connectivity index is 1.27. The van der Waals surface area contributed by atoms with E-state index in [1.165, 1.54) is 41.9 Å². The summed E-state index contributed by atoms with van der Waals surface area (Å²) in [5.74, 6) is -11.6. The lowest BCUT2D eigenvalue weighted by Crippen LogP contribution is -2.68. The van der Waals surface area contributed by atoms with Gasteiger partial charge in [0.2, 0.25) is 0 Å². The molecular weight excluding hydrogens is 1280 g/mol. The first-order valence-corrected chi connectivity index (χ1v) is 32.6. The second-order valence-electron chi connectivity index (χ2n) is 27.2. The number of aromatic hydroxyl groups is 4. The molecule has 6 aromatic rings. The predicted molar refractivity (Wildman–Crippen MR) is 341 cm³/mol. The Morgan fingerprint density at radius 3 is 1.06 bits per heavy atom. The van der Waals surface area contributed by atoms with Crippen LogP contribution in [0.3, 0.4) is 0 Å². The van der Waals surface area contributed by atoms with Crippen LogP contribution in [-0.4, -0.2) is 224 Å². The number of nitrogens with zero attached hydrogens (tertiary/aromatic N) is 6. The molecular formula is C68H80N6O24. The summed E-state index contributed by atoms with van der Waals surface area (Å²) in [7, 11) is 9.47. The van der Waals surface area contributed by atoms with E-state index in [-0.39, 0.29) is 25.7 Å². The number of likely N-dealkylation sites (N-methyl/N-ethyl adjacent to an activating group) is 2. The number of hydrogen-bond acceptors (Lipinski definition) is 26. The third-order valence-electron chi connectivity index (χ3n) is 21.6. The Kier molecular flexibility index (Phi) is 18.8. The molecule has 30 nitrogen and oxygen atoms in total. The molecule has 2 aliphatic carbocycles. The molecule has 0 spiro atoms. The molecule has 98 heavy (non-hydrogen) atoms.